The van der Waals surface area contributed by atoms with Gasteiger partial charge in [0.15, 0.2) is 0 Å². The van der Waals surface area contributed by atoms with Gasteiger partial charge in [-0.1, -0.05) is 6.92 Å². The molecule has 0 aliphatic rings. The monoisotopic (exact) mass is 189 g/mol. The average Bonchev–Trinajstić information content (AvgIpc) is 2.16. The molecule has 0 spiro atoms. The molecular weight excluding hydrogens is 166 g/mol. The first-order valence-electron chi connectivity index (χ1n) is 5.14. The molecule has 0 saturated carbocycles. The second kappa shape index (κ2) is 9.96. The summed E-state index contributed by atoms with van der Waals surface area (Å²) in [6, 6.07) is 0.538. The van der Waals surface area contributed by atoms with E-state index in [0.717, 1.165) is 39.3 Å². The highest BCUT2D eigenvalue weighted by Gasteiger charge is 1.96. The molecule has 0 bridgehead atoms. The van der Waals surface area contributed by atoms with Crippen molar-refractivity contribution in [2.45, 2.75) is 32.7 Å². The zero-order chi connectivity index (χ0) is 9.94. The molecule has 80 valence electrons. The van der Waals surface area contributed by atoms with E-state index in [1.54, 1.807) is 0 Å². The van der Waals surface area contributed by atoms with E-state index in [1.165, 1.54) is 0 Å². The first kappa shape index (κ1) is 12.9. The fourth-order valence-corrected chi connectivity index (χ4v) is 0.871. The summed E-state index contributed by atoms with van der Waals surface area (Å²) in [5.74, 6) is 0. The van der Waals surface area contributed by atoms with Crippen molar-refractivity contribution in [2.24, 2.45) is 0 Å². The molecule has 0 saturated heterocycles. The summed E-state index contributed by atoms with van der Waals surface area (Å²) in [5, 5.41) is 3.16. The Morgan fingerprint density at radius 1 is 1.08 bits per heavy atom. The predicted molar refractivity (Wildman–Crippen MR) is 55.1 cm³/mol. The molecule has 0 fully saturated rings. The molecule has 0 heterocycles. The maximum Gasteiger partial charge on any atom is 0.0700 e. The van der Waals surface area contributed by atoms with Gasteiger partial charge < -0.3 is 14.8 Å². The Labute approximate surface area is 81.8 Å². The van der Waals surface area contributed by atoms with Gasteiger partial charge in [0.1, 0.15) is 0 Å². The van der Waals surface area contributed by atoms with Crippen molar-refractivity contribution in [3.8, 4) is 0 Å². The summed E-state index contributed by atoms with van der Waals surface area (Å²) < 4.78 is 10.7. The van der Waals surface area contributed by atoms with Gasteiger partial charge in [0.25, 0.3) is 0 Å². The number of hydrogen-bond donors (Lipinski definition) is 1. The van der Waals surface area contributed by atoms with Crippen LogP contribution in [0.3, 0.4) is 0 Å². The fraction of sp³-hybridized carbons (Fsp3) is 1.00. The van der Waals surface area contributed by atoms with Crippen LogP contribution in [0.1, 0.15) is 26.7 Å². The Hall–Kier alpha value is -0.120. The molecule has 0 aliphatic heterocycles. The van der Waals surface area contributed by atoms with Gasteiger partial charge in [-0.15, -0.1) is 0 Å². The van der Waals surface area contributed by atoms with Gasteiger partial charge in [-0.25, -0.2) is 0 Å². The van der Waals surface area contributed by atoms with Gasteiger partial charge in [-0.05, 0) is 26.8 Å². The summed E-state index contributed by atoms with van der Waals surface area (Å²) in [6.45, 7) is 7.36. The quantitative estimate of drug-likeness (QED) is 0.557. The Morgan fingerprint density at radius 3 is 2.23 bits per heavy atom. The standard InChI is InChI=1S/C10H23NO2/c1-4-6-12-8-9-13-7-5-10(2)11-3/h10-11H,4-9H2,1-3H3. The normalized spacial score (nSPS) is 13.2. The largest absolute Gasteiger partial charge is 0.379 e. The minimum absolute atomic E-state index is 0.538. The van der Waals surface area contributed by atoms with E-state index in [1.807, 2.05) is 7.05 Å². The Bertz CT molecular complexity index is 98.9. The Balaban J connectivity index is 2.91. The van der Waals surface area contributed by atoms with Crippen LogP contribution in [0.4, 0.5) is 0 Å². The number of hydrogen-bond acceptors (Lipinski definition) is 3. The second-order valence-corrected chi connectivity index (χ2v) is 3.20. The topological polar surface area (TPSA) is 30.5 Å². The Kier molecular flexibility index (Phi) is 9.87. The first-order chi connectivity index (χ1) is 6.31. The molecule has 13 heavy (non-hydrogen) atoms. The van der Waals surface area contributed by atoms with E-state index in [-0.39, 0.29) is 0 Å². The lowest BCUT2D eigenvalue weighted by atomic mass is 10.2. The molecule has 3 nitrogen and oxygen atoms in total. The van der Waals surface area contributed by atoms with E-state index < -0.39 is 0 Å². The van der Waals surface area contributed by atoms with Crippen molar-refractivity contribution in [1.82, 2.24) is 5.32 Å². The molecule has 0 aromatic rings. The number of rotatable bonds is 9. The second-order valence-electron chi connectivity index (χ2n) is 3.20. The molecule has 0 radical (unpaired) electrons. The van der Waals surface area contributed by atoms with Crippen LogP contribution in [-0.4, -0.2) is 39.5 Å². The summed E-state index contributed by atoms with van der Waals surface area (Å²) in [4.78, 5) is 0. The number of nitrogens with one attached hydrogen (secondary N) is 1. The Morgan fingerprint density at radius 2 is 1.69 bits per heavy atom. The van der Waals surface area contributed by atoms with Crippen LogP contribution >= 0.6 is 0 Å². The SMILES string of the molecule is CCCOCCOCCC(C)NC. The third kappa shape index (κ3) is 9.80. The maximum absolute atomic E-state index is 5.39. The average molecular weight is 189 g/mol. The van der Waals surface area contributed by atoms with Gasteiger partial charge in [0.2, 0.25) is 0 Å². The van der Waals surface area contributed by atoms with Crippen molar-refractivity contribution in [1.29, 1.82) is 0 Å². The summed E-state index contributed by atoms with van der Waals surface area (Å²) in [5.41, 5.74) is 0. The van der Waals surface area contributed by atoms with Crippen molar-refractivity contribution in [3.05, 3.63) is 0 Å². The molecule has 0 aromatic heterocycles. The zero-order valence-corrected chi connectivity index (χ0v) is 9.14. The first-order valence-corrected chi connectivity index (χ1v) is 5.14. The molecule has 1 N–H and O–H groups in total. The van der Waals surface area contributed by atoms with Crippen molar-refractivity contribution in [3.63, 3.8) is 0 Å². The molecular formula is C10H23NO2. The van der Waals surface area contributed by atoms with Crippen molar-refractivity contribution in [2.75, 3.05) is 33.5 Å². The smallest absolute Gasteiger partial charge is 0.0700 e. The summed E-state index contributed by atoms with van der Waals surface area (Å²) in [7, 11) is 1.97. The van der Waals surface area contributed by atoms with Crippen molar-refractivity contribution < 1.29 is 9.47 Å². The van der Waals surface area contributed by atoms with Gasteiger partial charge >= 0.3 is 0 Å². The van der Waals surface area contributed by atoms with Gasteiger partial charge in [-0.2, -0.15) is 0 Å². The summed E-state index contributed by atoms with van der Waals surface area (Å²) >= 11 is 0. The lowest BCUT2D eigenvalue weighted by molar-refractivity contribution is 0.0452. The van der Waals surface area contributed by atoms with Crippen LogP contribution < -0.4 is 5.32 Å². The van der Waals surface area contributed by atoms with Crippen LogP contribution in [0.2, 0.25) is 0 Å². The molecule has 1 atom stereocenters. The van der Waals surface area contributed by atoms with Crippen LogP contribution in [-0.2, 0) is 9.47 Å². The van der Waals surface area contributed by atoms with E-state index in [2.05, 4.69) is 19.2 Å². The molecule has 0 aromatic carbocycles. The van der Waals surface area contributed by atoms with Gasteiger partial charge in [-0.3, -0.25) is 0 Å². The minimum atomic E-state index is 0.538. The van der Waals surface area contributed by atoms with E-state index in [4.69, 9.17) is 9.47 Å². The maximum atomic E-state index is 5.39. The molecule has 1 unspecified atom stereocenters. The highest BCUT2D eigenvalue weighted by Crippen LogP contribution is 1.90. The highest BCUT2D eigenvalue weighted by atomic mass is 16.5. The molecule has 0 rings (SSSR count). The van der Waals surface area contributed by atoms with Gasteiger partial charge in [0.05, 0.1) is 13.2 Å². The van der Waals surface area contributed by atoms with Gasteiger partial charge in [0, 0.05) is 19.3 Å². The van der Waals surface area contributed by atoms with Crippen LogP contribution in [0.15, 0.2) is 0 Å². The van der Waals surface area contributed by atoms with E-state index in [0.29, 0.717) is 6.04 Å². The molecule has 3 heteroatoms. The lowest BCUT2D eigenvalue weighted by Gasteiger charge is -2.10. The third-order valence-corrected chi connectivity index (χ3v) is 1.91. The molecule has 0 aliphatic carbocycles. The molecule has 0 amide bonds. The van der Waals surface area contributed by atoms with E-state index >= 15 is 0 Å². The lowest BCUT2D eigenvalue weighted by Crippen LogP contribution is -2.23. The highest BCUT2D eigenvalue weighted by molar-refractivity contribution is 4.54. The number of ether oxygens (including phenoxy) is 2. The van der Waals surface area contributed by atoms with Crippen LogP contribution in [0.5, 0.6) is 0 Å². The summed E-state index contributed by atoms with van der Waals surface area (Å²) in [6.07, 6.45) is 2.14. The zero-order valence-electron chi connectivity index (χ0n) is 9.14. The predicted octanol–water partition coefficient (Wildman–Crippen LogP) is 1.43. The minimum Gasteiger partial charge on any atom is -0.379 e. The van der Waals surface area contributed by atoms with Crippen molar-refractivity contribution >= 4 is 0 Å². The van der Waals surface area contributed by atoms with Crippen LogP contribution in [0, 0.1) is 0 Å². The third-order valence-electron chi connectivity index (χ3n) is 1.91. The van der Waals surface area contributed by atoms with E-state index in [9.17, 15) is 0 Å². The van der Waals surface area contributed by atoms with Crippen LogP contribution in [0.25, 0.3) is 0 Å². The fourth-order valence-electron chi connectivity index (χ4n) is 0.871.